The summed E-state index contributed by atoms with van der Waals surface area (Å²) in [7, 11) is 1.61. The highest BCUT2D eigenvalue weighted by atomic mass is 79.9. The highest BCUT2D eigenvalue weighted by molar-refractivity contribution is 9.10. The molecule has 0 radical (unpaired) electrons. The van der Waals surface area contributed by atoms with Crippen molar-refractivity contribution < 1.29 is 18.4 Å². The molecule has 2 aromatic rings. The van der Waals surface area contributed by atoms with E-state index in [4.69, 9.17) is 0 Å². The maximum absolute atomic E-state index is 13.5. The smallest absolute Gasteiger partial charge is 0.254 e. The zero-order valence-electron chi connectivity index (χ0n) is 12.9. The summed E-state index contributed by atoms with van der Waals surface area (Å²) < 4.78 is 27.3. The number of rotatable bonds is 5. The predicted octanol–water partition coefficient (Wildman–Crippen LogP) is 3.12. The molecule has 0 aliphatic carbocycles. The van der Waals surface area contributed by atoms with Gasteiger partial charge in [-0.1, -0.05) is 28.1 Å². The number of hydrogen-bond donors (Lipinski definition) is 1. The van der Waals surface area contributed by atoms with E-state index in [0.29, 0.717) is 12.6 Å². The van der Waals surface area contributed by atoms with Crippen molar-refractivity contribution >= 4 is 27.7 Å². The largest absolute Gasteiger partial charge is 0.343 e. The third-order valence-corrected chi connectivity index (χ3v) is 3.86. The fraction of sp³-hybridized carbons (Fsp3) is 0.176. The summed E-state index contributed by atoms with van der Waals surface area (Å²) in [4.78, 5) is 25.3. The van der Waals surface area contributed by atoms with Gasteiger partial charge in [0.25, 0.3) is 5.91 Å². The fourth-order valence-corrected chi connectivity index (χ4v) is 2.28. The number of nitrogens with zero attached hydrogens (tertiary/aromatic N) is 1. The second kappa shape index (κ2) is 8.01. The molecule has 0 aromatic heterocycles. The third-order valence-electron chi connectivity index (χ3n) is 3.33. The topological polar surface area (TPSA) is 49.4 Å². The maximum Gasteiger partial charge on any atom is 0.254 e. The molecule has 0 saturated carbocycles. The lowest BCUT2D eigenvalue weighted by Gasteiger charge is -2.17. The molecule has 2 amide bonds. The number of amides is 2. The van der Waals surface area contributed by atoms with Crippen LogP contribution in [0.5, 0.6) is 0 Å². The minimum absolute atomic E-state index is 0.275. The Kier molecular flexibility index (Phi) is 6.03. The van der Waals surface area contributed by atoms with E-state index in [0.717, 1.165) is 22.2 Å². The van der Waals surface area contributed by atoms with Crippen molar-refractivity contribution in [3.63, 3.8) is 0 Å². The quantitative estimate of drug-likeness (QED) is 0.843. The summed E-state index contributed by atoms with van der Waals surface area (Å²) in [6.45, 7) is 0.107. The van der Waals surface area contributed by atoms with Gasteiger partial charge in [-0.25, -0.2) is 8.78 Å². The lowest BCUT2D eigenvalue weighted by atomic mass is 10.2. The molecule has 2 aromatic carbocycles. The molecular formula is C17H15BrF2N2O2. The predicted molar refractivity (Wildman–Crippen MR) is 89.3 cm³/mol. The van der Waals surface area contributed by atoms with Gasteiger partial charge in [0.1, 0.15) is 11.6 Å². The Morgan fingerprint density at radius 2 is 1.79 bits per heavy atom. The number of carbonyl (C=O) groups excluding carboxylic acids is 2. The van der Waals surface area contributed by atoms with E-state index in [1.165, 1.54) is 4.90 Å². The van der Waals surface area contributed by atoms with Crippen LogP contribution in [0, 0.1) is 11.6 Å². The lowest BCUT2D eigenvalue weighted by molar-refractivity contribution is -0.129. The van der Waals surface area contributed by atoms with E-state index in [9.17, 15) is 18.4 Å². The van der Waals surface area contributed by atoms with E-state index in [1.54, 1.807) is 7.05 Å². The van der Waals surface area contributed by atoms with Gasteiger partial charge in [-0.05, 0) is 29.8 Å². The number of halogens is 3. The molecule has 0 aliphatic heterocycles. The normalized spacial score (nSPS) is 10.3. The summed E-state index contributed by atoms with van der Waals surface area (Å²) in [6, 6.07) is 10.1. The van der Waals surface area contributed by atoms with Crippen LogP contribution in [0.1, 0.15) is 15.9 Å². The first-order valence-electron chi connectivity index (χ1n) is 7.08. The lowest BCUT2D eigenvalue weighted by Crippen LogP contribution is -2.38. The molecule has 126 valence electrons. The van der Waals surface area contributed by atoms with E-state index in [1.807, 2.05) is 24.3 Å². The monoisotopic (exact) mass is 396 g/mol. The van der Waals surface area contributed by atoms with Gasteiger partial charge in [0.2, 0.25) is 5.91 Å². The zero-order valence-corrected chi connectivity index (χ0v) is 14.4. The molecule has 0 atom stereocenters. The summed E-state index contributed by atoms with van der Waals surface area (Å²) in [6.07, 6.45) is 0. The molecule has 1 N–H and O–H groups in total. The Bertz CT molecular complexity index is 751. The molecule has 0 aliphatic rings. The first-order valence-corrected chi connectivity index (χ1v) is 7.88. The van der Waals surface area contributed by atoms with Gasteiger partial charge in [0.05, 0.1) is 12.1 Å². The number of benzene rings is 2. The van der Waals surface area contributed by atoms with Crippen LogP contribution in [0.25, 0.3) is 0 Å². The van der Waals surface area contributed by atoms with Crippen LogP contribution in [0.3, 0.4) is 0 Å². The van der Waals surface area contributed by atoms with Crippen molar-refractivity contribution in [1.29, 1.82) is 0 Å². The molecule has 0 fully saturated rings. The minimum Gasteiger partial charge on any atom is -0.343 e. The summed E-state index contributed by atoms with van der Waals surface area (Å²) in [5.41, 5.74) is 0.629. The van der Waals surface area contributed by atoms with Crippen molar-refractivity contribution in [3.05, 3.63) is 69.7 Å². The highest BCUT2D eigenvalue weighted by Crippen LogP contribution is 2.12. The Morgan fingerprint density at radius 3 is 2.42 bits per heavy atom. The van der Waals surface area contributed by atoms with Crippen LogP contribution in [-0.4, -0.2) is 30.3 Å². The van der Waals surface area contributed by atoms with Gasteiger partial charge in [-0.3, -0.25) is 9.59 Å². The highest BCUT2D eigenvalue weighted by Gasteiger charge is 2.15. The van der Waals surface area contributed by atoms with Crippen molar-refractivity contribution in [2.75, 3.05) is 13.6 Å². The van der Waals surface area contributed by atoms with Crippen molar-refractivity contribution in [2.24, 2.45) is 0 Å². The van der Waals surface area contributed by atoms with E-state index >= 15 is 0 Å². The molecular weight excluding hydrogens is 382 g/mol. The van der Waals surface area contributed by atoms with E-state index in [2.05, 4.69) is 21.2 Å². The second-order valence-corrected chi connectivity index (χ2v) is 6.10. The third kappa shape index (κ3) is 4.86. The second-order valence-electron chi connectivity index (χ2n) is 5.18. The fourth-order valence-electron chi connectivity index (χ4n) is 2.01. The Morgan fingerprint density at radius 1 is 1.12 bits per heavy atom. The first kappa shape index (κ1) is 18.1. The minimum atomic E-state index is -0.969. The van der Waals surface area contributed by atoms with Crippen LogP contribution < -0.4 is 5.32 Å². The molecule has 7 heteroatoms. The van der Waals surface area contributed by atoms with E-state index in [-0.39, 0.29) is 18.0 Å². The van der Waals surface area contributed by atoms with Gasteiger partial charge in [0, 0.05) is 24.1 Å². The van der Waals surface area contributed by atoms with Gasteiger partial charge in [-0.15, -0.1) is 0 Å². The van der Waals surface area contributed by atoms with Gasteiger partial charge < -0.3 is 10.2 Å². The average Bonchev–Trinajstić information content (AvgIpc) is 2.54. The average molecular weight is 397 g/mol. The van der Waals surface area contributed by atoms with Gasteiger partial charge in [0.15, 0.2) is 0 Å². The molecule has 0 unspecified atom stereocenters. The van der Waals surface area contributed by atoms with Crippen LogP contribution in [0.15, 0.2) is 46.9 Å². The standard InChI is InChI=1S/C17H15BrF2N2O2/c1-22(10-11-2-4-12(18)5-3-11)16(23)9-21-17(24)14-7-6-13(19)8-15(14)20/h2-8H,9-10H2,1H3,(H,21,24). The molecule has 0 bridgehead atoms. The van der Waals surface area contributed by atoms with Gasteiger partial charge >= 0.3 is 0 Å². The number of hydrogen-bond acceptors (Lipinski definition) is 2. The number of nitrogens with one attached hydrogen (secondary N) is 1. The Hall–Kier alpha value is -2.28. The first-order chi connectivity index (χ1) is 11.4. The SMILES string of the molecule is CN(Cc1ccc(Br)cc1)C(=O)CNC(=O)c1ccc(F)cc1F. The van der Waals surface area contributed by atoms with Crippen LogP contribution in [-0.2, 0) is 11.3 Å². The molecule has 2 rings (SSSR count). The van der Waals surface area contributed by atoms with Crippen LogP contribution in [0.4, 0.5) is 8.78 Å². The zero-order chi connectivity index (χ0) is 17.7. The Labute approximate surface area is 146 Å². The van der Waals surface area contributed by atoms with Gasteiger partial charge in [-0.2, -0.15) is 0 Å². The summed E-state index contributed by atoms with van der Waals surface area (Å²) in [5, 5.41) is 2.33. The van der Waals surface area contributed by atoms with Crippen LogP contribution >= 0.6 is 15.9 Å². The molecule has 0 saturated heterocycles. The van der Waals surface area contributed by atoms with Crippen molar-refractivity contribution in [2.45, 2.75) is 6.54 Å². The Balaban J connectivity index is 1.89. The number of likely N-dealkylation sites (N-methyl/N-ethyl adjacent to an activating group) is 1. The van der Waals surface area contributed by atoms with Crippen molar-refractivity contribution in [1.82, 2.24) is 10.2 Å². The van der Waals surface area contributed by atoms with E-state index < -0.39 is 17.5 Å². The molecule has 24 heavy (non-hydrogen) atoms. The maximum atomic E-state index is 13.5. The van der Waals surface area contributed by atoms with Crippen molar-refractivity contribution in [3.8, 4) is 0 Å². The summed E-state index contributed by atoms with van der Waals surface area (Å²) in [5.74, 6) is -2.83. The molecule has 0 heterocycles. The summed E-state index contributed by atoms with van der Waals surface area (Å²) >= 11 is 3.33. The number of carbonyl (C=O) groups is 2. The molecule has 0 spiro atoms. The van der Waals surface area contributed by atoms with Crippen LogP contribution in [0.2, 0.25) is 0 Å². The molecule has 4 nitrogen and oxygen atoms in total.